The first-order chi connectivity index (χ1) is 35.6. The van der Waals surface area contributed by atoms with Crippen LogP contribution in [0.2, 0.25) is 0 Å². The van der Waals surface area contributed by atoms with Crippen molar-refractivity contribution in [3.63, 3.8) is 0 Å². The minimum Gasteiger partial charge on any atom is -0.454 e. The fraction of sp³-hybridized carbons (Fsp3) is 0.482. The van der Waals surface area contributed by atoms with Crippen molar-refractivity contribution < 1.29 is 47.7 Å². The lowest BCUT2D eigenvalue weighted by Gasteiger charge is -2.31. The number of aromatic nitrogens is 4. The Kier molecular flexibility index (Phi) is 14.6. The summed E-state index contributed by atoms with van der Waals surface area (Å²) in [6.45, 7) is 19.6. The number of hydrogen-bond donors (Lipinski definition) is 4. The average Bonchev–Trinajstić information content (AvgIpc) is 4.22. The van der Waals surface area contributed by atoms with E-state index in [4.69, 9.17) is 33.7 Å². The number of fused-ring (bicyclic) bond motifs is 3. The third-order valence-electron chi connectivity index (χ3n) is 13.8. The second kappa shape index (κ2) is 21.0. The van der Waals surface area contributed by atoms with E-state index in [1.807, 2.05) is 99.5 Å². The van der Waals surface area contributed by atoms with Gasteiger partial charge >= 0.3 is 18.3 Å². The summed E-state index contributed by atoms with van der Waals surface area (Å²) in [6, 6.07) is 17.5. The number of imidazole rings is 2. The van der Waals surface area contributed by atoms with Crippen molar-refractivity contribution in [2.45, 2.75) is 143 Å². The first-order valence-electron chi connectivity index (χ1n) is 25.9. The van der Waals surface area contributed by atoms with E-state index in [2.05, 4.69) is 20.6 Å². The summed E-state index contributed by atoms with van der Waals surface area (Å²) in [4.78, 5) is 89.5. The van der Waals surface area contributed by atoms with Crippen LogP contribution in [0.1, 0.15) is 123 Å². The molecule has 3 aromatic carbocycles. The molecule has 4 aliphatic heterocycles. The molecule has 75 heavy (non-hydrogen) atoms. The van der Waals surface area contributed by atoms with Crippen LogP contribution >= 0.6 is 0 Å². The van der Waals surface area contributed by atoms with E-state index in [1.54, 1.807) is 57.5 Å². The molecule has 19 nitrogen and oxygen atoms in total. The van der Waals surface area contributed by atoms with E-state index < -0.39 is 53.7 Å². The highest BCUT2D eigenvalue weighted by Crippen LogP contribution is 2.42. The largest absolute Gasteiger partial charge is 0.454 e. The lowest BCUT2D eigenvalue weighted by atomic mass is 10.0. The number of H-pyrrole nitrogens is 2. The lowest BCUT2D eigenvalue weighted by molar-refractivity contribution is -0.136. The van der Waals surface area contributed by atoms with Gasteiger partial charge in [0.25, 0.3) is 0 Å². The zero-order chi connectivity index (χ0) is 53.5. The number of aromatic amines is 2. The highest BCUT2D eigenvalue weighted by molar-refractivity contribution is 5.87. The van der Waals surface area contributed by atoms with Gasteiger partial charge in [-0.05, 0) is 94.5 Å². The molecule has 0 bridgehead atoms. The number of benzene rings is 3. The second-order valence-electron chi connectivity index (χ2n) is 22.5. The Morgan fingerprint density at radius 3 is 1.93 bits per heavy atom. The summed E-state index contributed by atoms with van der Waals surface area (Å²) < 4.78 is 28.4. The smallest absolute Gasteiger partial charge is 0.410 e. The minimum absolute atomic E-state index is 0.0853. The number of amides is 5. The molecule has 1 unspecified atom stereocenters. The van der Waals surface area contributed by atoms with Crippen LogP contribution in [0.4, 0.5) is 14.4 Å². The maximum atomic E-state index is 14.6. The van der Waals surface area contributed by atoms with Gasteiger partial charge in [0.2, 0.25) is 18.6 Å². The molecule has 0 radical (unpaired) electrons. The highest BCUT2D eigenvalue weighted by Gasteiger charge is 2.44. The highest BCUT2D eigenvalue weighted by atomic mass is 16.7. The molecule has 19 heteroatoms. The van der Waals surface area contributed by atoms with Gasteiger partial charge in [-0.15, -0.1) is 0 Å². The number of ether oxygens (including phenoxy) is 5. The Hall–Kier alpha value is -7.57. The molecule has 5 aromatic rings. The molecule has 5 atom stereocenters. The van der Waals surface area contributed by atoms with Crippen molar-refractivity contribution >= 4 is 30.1 Å². The molecule has 0 spiro atoms. The zero-order valence-electron chi connectivity index (χ0n) is 44.4. The molecule has 2 aromatic heterocycles. The van der Waals surface area contributed by atoms with Gasteiger partial charge in [0, 0.05) is 36.8 Å². The van der Waals surface area contributed by atoms with Crippen LogP contribution in [-0.2, 0) is 36.9 Å². The number of alkyl carbamates (subject to hydrolysis) is 2. The van der Waals surface area contributed by atoms with Crippen LogP contribution in [0.3, 0.4) is 0 Å². The molecule has 9 rings (SSSR count). The number of rotatable bonds is 12. The molecule has 0 aliphatic carbocycles. The summed E-state index contributed by atoms with van der Waals surface area (Å²) in [7, 11) is 0. The molecule has 2 saturated heterocycles. The molecule has 5 amide bonds. The summed E-state index contributed by atoms with van der Waals surface area (Å²) in [5, 5.41) is 5.60. The number of carbonyl (C=O) groups excluding carboxylic acids is 5. The normalized spacial score (nSPS) is 19.0. The Morgan fingerprint density at radius 2 is 1.32 bits per heavy atom. The van der Waals surface area contributed by atoms with Crippen molar-refractivity contribution in [3.05, 3.63) is 95.8 Å². The third-order valence-corrected chi connectivity index (χ3v) is 13.8. The third kappa shape index (κ3) is 11.7. The Bertz CT molecular complexity index is 2920. The van der Waals surface area contributed by atoms with Crippen LogP contribution in [0, 0.1) is 11.8 Å². The van der Waals surface area contributed by atoms with Gasteiger partial charge in [0.05, 0.1) is 42.8 Å². The fourth-order valence-corrected chi connectivity index (χ4v) is 10.1. The molecular formula is C56H69N9O10. The molecule has 4 aliphatic rings. The standard InChI is InChI=1S/C56H69N9O10/c1-31(2)45(61-52(68)74-55(5,6)7)50(66)64-23-11-12-42(64)48-57-25-40(59-48)35-17-13-33(14-18-35)34-15-19-36(20-16-34)41-26-58-49(60-41)43-24-38(28-65(43)51(67)46(32(3)4)62-53(69)75-56(8,9)10)73-54(70)63-27-37-21-22-44-47(39(37)29-63)72-30-71-44/h13-22,25-26,31-32,38,42-43,45-46H,11-12,23-24,27-30H2,1-10H3,(H,57,59)(H,58,60)(H,61,68)(H,62,69)/t38-,42+,43?,45+,46+/m1/s1. The fourth-order valence-electron chi connectivity index (χ4n) is 10.1. The predicted octanol–water partition coefficient (Wildman–Crippen LogP) is 9.42. The topological polar surface area (TPSA) is 223 Å². The summed E-state index contributed by atoms with van der Waals surface area (Å²) >= 11 is 0. The first kappa shape index (κ1) is 52.3. The van der Waals surface area contributed by atoms with Gasteiger partial charge in [0.1, 0.15) is 41.0 Å². The van der Waals surface area contributed by atoms with Crippen LogP contribution in [0.15, 0.2) is 73.1 Å². The van der Waals surface area contributed by atoms with E-state index in [1.165, 1.54) is 0 Å². The van der Waals surface area contributed by atoms with Gasteiger partial charge < -0.3 is 54.1 Å². The van der Waals surface area contributed by atoms with Crippen LogP contribution in [-0.4, -0.2) is 114 Å². The van der Waals surface area contributed by atoms with E-state index in [0.717, 1.165) is 57.6 Å². The first-order valence-corrected chi connectivity index (χ1v) is 25.9. The van der Waals surface area contributed by atoms with Crippen LogP contribution < -0.4 is 20.1 Å². The minimum atomic E-state index is -0.928. The average molecular weight is 1030 g/mol. The van der Waals surface area contributed by atoms with Gasteiger partial charge in [-0.3, -0.25) is 14.5 Å². The molecule has 4 N–H and O–H groups in total. The molecule has 6 heterocycles. The summed E-state index contributed by atoms with van der Waals surface area (Å²) in [6.07, 6.45) is 2.93. The van der Waals surface area contributed by atoms with E-state index >= 15 is 0 Å². The SMILES string of the molecule is CC(C)[C@H](NC(=O)OC(C)(C)C)C(=O)N1C[C@H](OC(=O)N2Cc3ccc4c(c3C2)OCO4)CC1c1ncc(-c2ccc(-c3ccc(-c4c[nH]c([C@@H]5CCCN5C(=O)[C@@H](NC(=O)OC(C)(C)C)C(C)C)n4)cc3)cc2)[nH]1. The summed E-state index contributed by atoms with van der Waals surface area (Å²) in [5.74, 6) is 1.56. The molecule has 2 fully saturated rings. The van der Waals surface area contributed by atoms with Crippen molar-refractivity contribution in [2.75, 3.05) is 19.9 Å². The Morgan fingerprint density at radius 1 is 0.720 bits per heavy atom. The monoisotopic (exact) mass is 1030 g/mol. The van der Waals surface area contributed by atoms with Gasteiger partial charge in [0.15, 0.2) is 11.5 Å². The van der Waals surface area contributed by atoms with Crippen LogP contribution in [0.5, 0.6) is 11.5 Å². The van der Waals surface area contributed by atoms with Crippen molar-refractivity contribution in [2.24, 2.45) is 11.8 Å². The maximum Gasteiger partial charge on any atom is 0.410 e. The molecular weight excluding hydrogens is 959 g/mol. The van der Waals surface area contributed by atoms with Crippen molar-refractivity contribution in [1.82, 2.24) is 45.3 Å². The Balaban J connectivity index is 0.873. The number of carbonyl (C=O) groups is 5. The number of nitrogens with one attached hydrogen (secondary N) is 4. The van der Waals surface area contributed by atoms with Gasteiger partial charge in [-0.2, -0.15) is 0 Å². The second-order valence-corrected chi connectivity index (χ2v) is 22.5. The zero-order valence-corrected chi connectivity index (χ0v) is 44.4. The lowest BCUT2D eigenvalue weighted by Crippen LogP contribution is -2.52. The quantitative estimate of drug-likeness (QED) is 0.0859. The molecule has 0 saturated carbocycles. The van der Waals surface area contributed by atoms with Gasteiger partial charge in [-0.25, -0.2) is 24.4 Å². The molecule has 398 valence electrons. The maximum absolute atomic E-state index is 14.6. The predicted molar refractivity (Wildman–Crippen MR) is 278 cm³/mol. The summed E-state index contributed by atoms with van der Waals surface area (Å²) in [5.41, 5.74) is 5.66. The van der Waals surface area contributed by atoms with E-state index in [-0.39, 0.29) is 49.5 Å². The van der Waals surface area contributed by atoms with Gasteiger partial charge in [-0.1, -0.05) is 82.3 Å². The van der Waals surface area contributed by atoms with E-state index in [0.29, 0.717) is 42.8 Å². The van der Waals surface area contributed by atoms with E-state index in [9.17, 15) is 24.0 Å². The number of nitrogens with zero attached hydrogens (tertiary/aromatic N) is 5. The number of likely N-dealkylation sites (tertiary alicyclic amines) is 2. The van der Waals surface area contributed by atoms with Crippen LogP contribution in [0.25, 0.3) is 33.6 Å². The number of hydrogen-bond acceptors (Lipinski definition) is 12. The van der Waals surface area contributed by atoms with Crippen molar-refractivity contribution in [1.29, 1.82) is 0 Å². The van der Waals surface area contributed by atoms with Crippen molar-refractivity contribution in [3.8, 4) is 45.1 Å². The Labute approximate surface area is 437 Å².